The molecule has 118 valence electrons. The Morgan fingerprint density at radius 2 is 2.30 bits per heavy atom. The Morgan fingerprint density at radius 1 is 1.50 bits per heavy atom. The third kappa shape index (κ3) is 3.49. The van der Waals surface area contributed by atoms with Crippen LogP contribution in [0.4, 0.5) is 0 Å². The number of aliphatic hydroxyl groups excluding tert-OH is 1. The van der Waals surface area contributed by atoms with Crippen molar-refractivity contribution in [2.75, 3.05) is 40.0 Å². The van der Waals surface area contributed by atoms with Crippen LogP contribution in [0, 0.1) is 0 Å². The predicted octanol–water partition coefficient (Wildman–Crippen LogP) is -0.527. The van der Waals surface area contributed by atoms with Gasteiger partial charge >= 0.3 is 0 Å². The van der Waals surface area contributed by atoms with Crippen molar-refractivity contribution in [1.29, 1.82) is 0 Å². The third-order valence-corrected chi connectivity index (χ3v) is 5.78. The number of piperidine rings is 1. The van der Waals surface area contributed by atoms with Gasteiger partial charge in [0.1, 0.15) is 5.60 Å². The van der Waals surface area contributed by atoms with E-state index in [1.165, 1.54) is 4.31 Å². The van der Waals surface area contributed by atoms with Gasteiger partial charge in [-0.05, 0) is 12.8 Å². The fourth-order valence-electron chi connectivity index (χ4n) is 2.74. The second-order valence-electron chi connectivity index (χ2n) is 5.46. The van der Waals surface area contributed by atoms with Crippen molar-refractivity contribution >= 4 is 10.2 Å². The van der Waals surface area contributed by atoms with Gasteiger partial charge in [-0.2, -0.15) is 17.4 Å². The summed E-state index contributed by atoms with van der Waals surface area (Å²) in [5.74, 6) is 0. The smallest absolute Gasteiger partial charge is 0.279 e. The van der Waals surface area contributed by atoms with Gasteiger partial charge in [0.25, 0.3) is 10.2 Å². The first-order valence-electron chi connectivity index (χ1n) is 7.03. The van der Waals surface area contributed by atoms with E-state index in [0.717, 1.165) is 12.8 Å². The Morgan fingerprint density at radius 3 is 2.90 bits per heavy atom. The number of aliphatic hydroxyl groups is 1. The van der Waals surface area contributed by atoms with Gasteiger partial charge in [0, 0.05) is 39.3 Å². The number of nitrogens with zero attached hydrogens (tertiary/aromatic N) is 1. The Balaban J connectivity index is 1.99. The first-order chi connectivity index (χ1) is 9.53. The summed E-state index contributed by atoms with van der Waals surface area (Å²) in [4.78, 5) is 0. The highest BCUT2D eigenvalue weighted by Crippen LogP contribution is 2.23. The molecule has 7 nitrogen and oxygen atoms in total. The Bertz CT molecular complexity index is 408. The molecular formula is C12H24N2O5S. The molecule has 2 unspecified atom stereocenters. The SMILES string of the molecule is COC1(CNS(=O)(=O)N2CCCCC2CO)CCOC1. The average molecular weight is 308 g/mol. The lowest BCUT2D eigenvalue weighted by Gasteiger charge is -2.34. The van der Waals surface area contributed by atoms with Gasteiger partial charge in [0.2, 0.25) is 0 Å². The fraction of sp³-hybridized carbons (Fsp3) is 1.00. The van der Waals surface area contributed by atoms with Crippen LogP contribution in [0.1, 0.15) is 25.7 Å². The topological polar surface area (TPSA) is 88.1 Å². The Kier molecular flexibility index (Phi) is 5.38. The number of methoxy groups -OCH3 is 1. The molecule has 0 aromatic heterocycles. The van der Waals surface area contributed by atoms with E-state index >= 15 is 0 Å². The molecule has 2 heterocycles. The molecule has 2 rings (SSSR count). The number of rotatable bonds is 6. The normalized spacial score (nSPS) is 32.6. The van der Waals surface area contributed by atoms with E-state index < -0.39 is 15.8 Å². The van der Waals surface area contributed by atoms with E-state index in [0.29, 0.717) is 32.6 Å². The zero-order valence-electron chi connectivity index (χ0n) is 11.9. The Hall–Kier alpha value is -0.250. The highest BCUT2D eigenvalue weighted by molar-refractivity contribution is 7.87. The second kappa shape index (κ2) is 6.67. The summed E-state index contributed by atoms with van der Waals surface area (Å²) < 4.78 is 39.4. The van der Waals surface area contributed by atoms with E-state index in [2.05, 4.69) is 4.72 Å². The molecule has 2 aliphatic heterocycles. The maximum atomic E-state index is 12.4. The van der Waals surface area contributed by atoms with Crippen LogP contribution in [0.15, 0.2) is 0 Å². The van der Waals surface area contributed by atoms with E-state index in [4.69, 9.17) is 9.47 Å². The highest BCUT2D eigenvalue weighted by Gasteiger charge is 2.38. The molecule has 0 aliphatic carbocycles. The van der Waals surface area contributed by atoms with Crippen molar-refractivity contribution in [1.82, 2.24) is 9.03 Å². The van der Waals surface area contributed by atoms with E-state index in [1.54, 1.807) is 7.11 Å². The summed E-state index contributed by atoms with van der Waals surface area (Å²) in [5, 5.41) is 9.32. The minimum Gasteiger partial charge on any atom is -0.395 e. The van der Waals surface area contributed by atoms with Crippen LogP contribution in [0.3, 0.4) is 0 Å². The summed E-state index contributed by atoms with van der Waals surface area (Å²) in [6.45, 7) is 1.49. The van der Waals surface area contributed by atoms with E-state index in [1.807, 2.05) is 0 Å². The number of hydrogen-bond donors (Lipinski definition) is 2. The lowest BCUT2D eigenvalue weighted by molar-refractivity contribution is -0.0124. The monoisotopic (exact) mass is 308 g/mol. The number of nitrogens with one attached hydrogen (secondary N) is 1. The summed E-state index contributed by atoms with van der Waals surface area (Å²) >= 11 is 0. The van der Waals surface area contributed by atoms with Crippen LogP contribution >= 0.6 is 0 Å². The van der Waals surface area contributed by atoms with Gasteiger partial charge in [0.15, 0.2) is 0 Å². The quantitative estimate of drug-likeness (QED) is 0.689. The molecule has 20 heavy (non-hydrogen) atoms. The van der Waals surface area contributed by atoms with Crippen molar-refractivity contribution in [3.63, 3.8) is 0 Å². The maximum absolute atomic E-state index is 12.4. The summed E-state index contributed by atoms with van der Waals surface area (Å²) in [5.41, 5.74) is -0.572. The van der Waals surface area contributed by atoms with Crippen LogP contribution in [0.25, 0.3) is 0 Å². The van der Waals surface area contributed by atoms with Crippen LogP contribution in [0.5, 0.6) is 0 Å². The van der Waals surface area contributed by atoms with Crippen molar-refractivity contribution in [2.24, 2.45) is 0 Å². The molecule has 2 saturated heterocycles. The number of hydrogen-bond acceptors (Lipinski definition) is 5. The zero-order chi connectivity index (χ0) is 14.6. The van der Waals surface area contributed by atoms with Gasteiger partial charge in [-0.3, -0.25) is 0 Å². The molecule has 2 fully saturated rings. The summed E-state index contributed by atoms with van der Waals surface area (Å²) in [6.07, 6.45) is 3.16. The minimum atomic E-state index is -3.59. The first kappa shape index (κ1) is 16.1. The third-order valence-electron chi connectivity index (χ3n) is 4.17. The standard InChI is InChI=1S/C12H24N2O5S/c1-18-12(5-7-19-10-12)9-13-20(16,17)14-6-3-2-4-11(14)8-15/h11,13,15H,2-10H2,1H3. The molecule has 0 aromatic rings. The van der Waals surface area contributed by atoms with Crippen molar-refractivity contribution in [3.05, 3.63) is 0 Å². The molecule has 0 bridgehead atoms. The van der Waals surface area contributed by atoms with E-state index in [9.17, 15) is 13.5 Å². The van der Waals surface area contributed by atoms with Crippen molar-refractivity contribution in [2.45, 2.75) is 37.3 Å². The second-order valence-corrected chi connectivity index (χ2v) is 7.17. The number of ether oxygens (including phenoxy) is 2. The highest BCUT2D eigenvalue weighted by atomic mass is 32.2. The molecule has 0 amide bonds. The first-order valence-corrected chi connectivity index (χ1v) is 8.47. The lowest BCUT2D eigenvalue weighted by atomic mass is 10.0. The van der Waals surface area contributed by atoms with Gasteiger partial charge in [-0.15, -0.1) is 0 Å². The van der Waals surface area contributed by atoms with Crippen LogP contribution in [-0.4, -0.2) is 69.5 Å². The summed E-state index contributed by atoms with van der Waals surface area (Å²) in [7, 11) is -2.02. The molecule has 2 N–H and O–H groups in total. The molecule has 8 heteroatoms. The molecule has 0 saturated carbocycles. The van der Waals surface area contributed by atoms with E-state index in [-0.39, 0.29) is 19.2 Å². The molecule has 2 aliphatic rings. The summed E-state index contributed by atoms with van der Waals surface area (Å²) in [6, 6.07) is -0.320. The fourth-order valence-corrected chi connectivity index (χ4v) is 4.28. The van der Waals surface area contributed by atoms with Crippen LogP contribution in [-0.2, 0) is 19.7 Å². The molecule has 0 radical (unpaired) electrons. The zero-order valence-corrected chi connectivity index (χ0v) is 12.7. The largest absolute Gasteiger partial charge is 0.395 e. The molecule has 0 spiro atoms. The van der Waals surface area contributed by atoms with Gasteiger partial charge < -0.3 is 14.6 Å². The van der Waals surface area contributed by atoms with Gasteiger partial charge in [0.05, 0.1) is 13.2 Å². The van der Waals surface area contributed by atoms with Gasteiger partial charge in [-0.25, -0.2) is 0 Å². The molecule has 2 atom stereocenters. The minimum absolute atomic E-state index is 0.139. The van der Waals surface area contributed by atoms with Crippen molar-refractivity contribution in [3.8, 4) is 0 Å². The lowest BCUT2D eigenvalue weighted by Crippen LogP contribution is -2.54. The molecular weight excluding hydrogens is 284 g/mol. The van der Waals surface area contributed by atoms with Gasteiger partial charge in [-0.1, -0.05) is 6.42 Å². The van der Waals surface area contributed by atoms with Crippen LogP contribution in [0.2, 0.25) is 0 Å². The molecule has 0 aromatic carbocycles. The maximum Gasteiger partial charge on any atom is 0.279 e. The average Bonchev–Trinajstić information content (AvgIpc) is 2.95. The van der Waals surface area contributed by atoms with Crippen LogP contribution < -0.4 is 4.72 Å². The Labute approximate surface area is 120 Å². The predicted molar refractivity (Wildman–Crippen MR) is 73.5 cm³/mol. The van der Waals surface area contributed by atoms with Crippen molar-refractivity contribution < 1.29 is 23.0 Å².